The third-order valence-corrected chi connectivity index (χ3v) is 4.39. The standard InChI is InChI=1S/C18H20O/c1-3-19-13-16-15-9-5-4-8-14(15)12-18(2)11-7-6-10-17(16)18/h3-6,8-10H,1,7,11-13H2,2H3. The van der Waals surface area contributed by atoms with E-state index in [1.165, 1.54) is 41.4 Å². The first-order valence-corrected chi connectivity index (χ1v) is 6.95. The van der Waals surface area contributed by atoms with Gasteiger partial charge in [0.05, 0.1) is 6.26 Å². The molecular formula is C18H20O. The van der Waals surface area contributed by atoms with E-state index in [2.05, 4.69) is 49.9 Å². The lowest BCUT2D eigenvalue weighted by Crippen LogP contribution is -2.29. The lowest BCUT2D eigenvalue weighted by atomic mass is 9.65. The molecule has 0 bridgehead atoms. The van der Waals surface area contributed by atoms with Gasteiger partial charge in [-0.1, -0.05) is 49.9 Å². The Bertz CT molecular complexity index is 565. The Morgan fingerprint density at radius 3 is 3.05 bits per heavy atom. The first-order chi connectivity index (χ1) is 9.24. The van der Waals surface area contributed by atoms with E-state index in [1.54, 1.807) is 0 Å². The van der Waals surface area contributed by atoms with Crippen molar-refractivity contribution in [3.63, 3.8) is 0 Å². The summed E-state index contributed by atoms with van der Waals surface area (Å²) >= 11 is 0. The maximum atomic E-state index is 5.50. The van der Waals surface area contributed by atoms with Crippen molar-refractivity contribution >= 4 is 5.57 Å². The second-order valence-corrected chi connectivity index (χ2v) is 5.71. The van der Waals surface area contributed by atoms with Crippen LogP contribution in [-0.4, -0.2) is 6.61 Å². The highest BCUT2D eigenvalue weighted by atomic mass is 16.5. The van der Waals surface area contributed by atoms with Crippen LogP contribution in [0.3, 0.4) is 0 Å². The van der Waals surface area contributed by atoms with Gasteiger partial charge in [-0.3, -0.25) is 0 Å². The zero-order valence-electron chi connectivity index (χ0n) is 11.5. The van der Waals surface area contributed by atoms with Crippen molar-refractivity contribution in [1.82, 2.24) is 0 Å². The van der Waals surface area contributed by atoms with Crippen molar-refractivity contribution in [2.45, 2.75) is 26.2 Å². The smallest absolute Gasteiger partial charge is 0.113 e. The van der Waals surface area contributed by atoms with Gasteiger partial charge < -0.3 is 4.74 Å². The van der Waals surface area contributed by atoms with E-state index in [9.17, 15) is 0 Å². The zero-order valence-corrected chi connectivity index (χ0v) is 11.5. The highest BCUT2D eigenvalue weighted by molar-refractivity contribution is 5.77. The molecule has 1 aromatic carbocycles. The van der Waals surface area contributed by atoms with Crippen molar-refractivity contribution in [1.29, 1.82) is 0 Å². The van der Waals surface area contributed by atoms with Gasteiger partial charge >= 0.3 is 0 Å². The van der Waals surface area contributed by atoms with E-state index < -0.39 is 0 Å². The van der Waals surface area contributed by atoms with E-state index in [4.69, 9.17) is 4.74 Å². The molecule has 2 aliphatic carbocycles. The van der Waals surface area contributed by atoms with E-state index in [0.29, 0.717) is 6.61 Å². The number of hydrogen-bond acceptors (Lipinski definition) is 1. The summed E-state index contributed by atoms with van der Waals surface area (Å²) in [5.41, 5.74) is 5.86. The summed E-state index contributed by atoms with van der Waals surface area (Å²) in [6.45, 7) is 6.66. The summed E-state index contributed by atoms with van der Waals surface area (Å²) in [6, 6.07) is 8.72. The number of rotatable bonds is 3. The Balaban J connectivity index is 2.16. The molecule has 1 unspecified atom stereocenters. The van der Waals surface area contributed by atoms with Crippen LogP contribution in [0.1, 0.15) is 30.9 Å². The molecule has 3 rings (SSSR count). The lowest BCUT2D eigenvalue weighted by Gasteiger charge is -2.40. The molecule has 0 heterocycles. The highest BCUT2D eigenvalue weighted by Gasteiger charge is 2.36. The monoisotopic (exact) mass is 252 g/mol. The van der Waals surface area contributed by atoms with E-state index in [1.807, 2.05) is 0 Å². The van der Waals surface area contributed by atoms with Crippen LogP contribution in [0.4, 0.5) is 0 Å². The Labute approximate surface area is 115 Å². The van der Waals surface area contributed by atoms with Crippen LogP contribution < -0.4 is 0 Å². The number of benzene rings is 1. The fourth-order valence-electron chi connectivity index (χ4n) is 3.42. The molecule has 0 fully saturated rings. The van der Waals surface area contributed by atoms with Crippen molar-refractivity contribution in [3.05, 3.63) is 66.0 Å². The van der Waals surface area contributed by atoms with Gasteiger partial charge in [0.2, 0.25) is 0 Å². The summed E-state index contributed by atoms with van der Waals surface area (Å²) < 4.78 is 5.50. The largest absolute Gasteiger partial charge is 0.497 e. The first-order valence-electron chi connectivity index (χ1n) is 6.95. The molecule has 1 aromatic rings. The van der Waals surface area contributed by atoms with Crippen LogP contribution in [-0.2, 0) is 11.2 Å². The number of hydrogen-bond donors (Lipinski definition) is 0. The molecule has 0 aliphatic heterocycles. The summed E-state index contributed by atoms with van der Waals surface area (Å²) in [5, 5.41) is 0. The predicted octanol–water partition coefficient (Wildman–Crippen LogP) is 4.51. The Morgan fingerprint density at radius 2 is 2.21 bits per heavy atom. The quantitative estimate of drug-likeness (QED) is 0.719. The molecule has 0 amide bonds. The van der Waals surface area contributed by atoms with Crippen molar-refractivity contribution in [2.75, 3.05) is 6.61 Å². The normalized spacial score (nSPS) is 24.7. The van der Waals surface area contributed by atoms with Crippen molar-refractivity contribution in [3.8, 4) is 0 Å². The average Bonchev–Trinajstić information content (AvgIpc) is 2.42. The molecule has 0 N–H and O–H groups in total. The molecular weight excluding hydrogens is 232 g/mol. The van der Waals surface area contributed by atoms with E-state index >= 15 is 0 Å². The van der Waals surface area contributed by atoms with Crippen LogP contribution in [0, 0.1) is 5.41 Å². The van der Waals surface area contributed by atoms with Gasteiger partial charge in [0.15, 0.2) is 0 Å². The minimum Gasteiger partial charge on any atom is -0.497 e. The summed E-state index contributed by atoms with van der Waals surface area (Å²) in [6.07, 6.45) is 9.68. The first kappa shape index (κ1) is 12.3. The molecule has 0 saturated carbocycles. The van der Waals surface area contributed by atoms with E-state index in [-0.39, 0.29) is 5.41 Å². The lowest BCUT2D eigenvalue weighted by molar-refractivity contribution is 0.290. The van der Waals surface area contributed by atoms with E-state index in [0.717, 1.165) is 6.42 Å². The fourth-order valence-corrected chi connectivity index (χ4v) is 3.42. The molecule has 0 spiro atoms. The SMILES string of the molecule is C=COCC1=C2C=CCCC2(C)Cc2ccccc21. The number of allylic oxidation sites excluding steroid dienone is 3. The Hall–Kier alpha value is -1.76. The van der Waals surface area contributed by atoms with Gasteiger partial charge in [-0.25, -0.2) is 0 Å². The van der Waals surface area contributed by atoms with Crippen LogP contribution in [0.15, 0.2) is 54.8 Å². The highest BCUT2D eigenvalue weighted by Crippen LogP contribution is 2.48. The van der Waals surface area contributed by atoms with Gasteiger partial charge in [-0.05, 0) is 41.4 Å². The van der Waals surface area contributed by atoms with Crippen molar-refractivity contribution in [2.24, 2.45) is 5.41 Å². The second kappa shape index (κ2) is 4.73. The maximum absolute atomic E-state index is 5.50. The molecule has 0 aromatic heterocycles. The number of ether oxygens (including phenoxy) is 1. The Kier molecular flexibility index (Phi) is 3.06. The minimum atomic E-state index is 0.267. The summed E-state index contributed by atoms with van der Waals surface area (Å²) in [4.78, 5) is 0. The molecule has 2 aliphatic rings. The third-order valence-electron chi connectivity index (χ3n) is 4.39. The average molecular weight is 252 g/mol. The topological polar surface area (TPSA) is 9.23 Å². The van der Waals surface area contributed by atoms with Crippen LogP contribution in [0.5, 0.6) is 0 Å². The van der Waals surface area contributed by atoms with Crippen LogP contribution in [0.25, 0.3) is 5.57 Å². The van der Waals surface area contributed by atoms with Crippen molar-refractivity contribution < 1.29 is 4.74 Å². The van der Waals surface area contributed by atoms with Crippen LogP contribution >= 0.6 is 0 Å². The minimum absolute atomic E-state index is 0.267. The maximum Gasteiger partial charge on any atom is 0.113 e. The summed E-state index contributed by atoms with van der Waals surface area (Å²) in [5.74, 6) is 0. The van der Waals surface area contributed by atoms with Gasteiger partial charge in [0, 0.05) is 5.57 Å². The molecule has 19 heavy (non-hydrogen) atoms. The third kappa shape index (κ3) is 2.03. The Morgan fingerprint density at radius 1 is 1.37 bits per heavy atom. The van der Waals surface area contributed by atoms with Crippen LogP contribution in [0.2, 0.25) is 0 Å². The van der Waals surface area contributed by atoms with Gasteiger partial charge in [0.1, 0.15) is 6.61 Å². The summed E-state index contributed by atoms with van der Waals surface area (Å²) in [7, 11) is 0. The van der Waals surface area contributed by atoms with Gasteiger partial charge in [0.25, 0.3) is 0 Å². The van der Waals surface area contributed by atoms with Gasteiger partial charge in [-0.15, -0.1) is 0 Å². The molecule has 0 saturated heterocycles. The fraction of sp³-hybridized carbons (Fsp3) is 0.333. The van der Waals surface area contributed by atoms with Gasteiger partial charge in [-0.2, -0.15) is 0 Å². The number of fused-ring (bicyclic) bond motifs is 2. The molecule has 98 valence electrons. The molecule has 1 atom stereocenters. The molecule has 1 nitrogen and oxygen atoms in total. The second-order valence-electron chi connectivity index (χ2n) is 5.71. The zero-order chi connectivity index (χ0) is 13.3. The molecule has 1 heteroatoms. The predicted molar refractivity (Wildman–Crippen MR) is 79.7 cm³/mol. The molecule has 0 radical (unpaired) electrons.